The number of aromatic carboxylic acids is 1. The molecule has 1 fully saturated rings. The highest BCUT2D eigenvalue weighted by molar-refractivity contribution is 5.94. The quantitative estimate of drug-likeness (QED) is 0.825. The maximum atomic E-state index is 13.3. The number of rotatable bonds is 4. The van der Waals surface area contributed by atoms with Crippen LogP contribution in [0, 0.1) is 11.2 Å². The molecule has 0 bridgehead atoms. The molecule has 0 radical (unpaired) electrons. The monoisotopic (exact) mass is 223 g/mol. The fraction of sp³-hybridized carbons (Fsp3) is 0.417. The minimum atomic E-state index is -1.23. The van der Waals surface area contributed by atoms with Gasteiger partial charge in [-0.2, -0.15) is 0 Å². The highest BCUT2D eigenvalue weighted by Crippen LogP contribution is 2.44. The lowest BCUT2D eigenvalue weighted by Gasteiger charge is -2.13. The van der Waals surface area contributed by atoms with E-state index in [1.54, 1.807) is 6.07 Å². The van der Waals surface area contributed by atoms with Crippen LogP contribution in [0.25, 0.3) is 0 Å². The van der Waals surface area contributed by atoms with E-state index in [1.807, 2.05) is 0 Å². The lowest BCUT2D eigenvalue weighted by molar-refractivity contribution is 0.0693. The second-order valence-corrected chi connectivity index (χ2v) is 4.63. The lowest BCUT2D eigenvalue weighted by Crippen LogP contribution is -2.15. The number of hydrogen-bond donors (Lipinski definition) is 2. The summed E-state index contributed by atoms with van der Waals surface area (Å²) in [6.45, 7) is 2.82. The van der Waals surface area contributed by atoms with E-state index in [1.165, 1.54) is 6.07 Å². The summed E-state index contributed by atoms with van der Waals surface area (Å²) in [5.74, 6) is -1.93. The molecule has 2 rings (SSSR count). The van der Waals surface area contributed by atoms with Crippen LogP contribution in [0.4, 0.5) is 10.1 Å². The summed E-state index contributed by atoms with van der Waals surface area (Å²) >= 11 is 0. The zero-order valence-corrected chi connectivity index (χ0v) is 9.09. The number of nitrogens with one attached hydrogen (secondary N) is 1. The van der Waals surface area contributed by atoms with Crippen molar-refractivity contribution in [2.24, 2.45) is 5.41 Å². The molecule has 1 aromatic carbocycles. The van der Waals surface area contributed by atoms with Gasteiger partial charge in [0.2, 0.25) is 0 Å². The molecule has 1 saturated carbocycles. The van der Waals surface area contributed by atoms with E-state index in [9.17, 15) is 9.18 Å². The average molecular weight is 223 g/mol. The van der Waals surface area contributed by atoms with Gasteiger partial charge in [-0.05, 0) is 30.4 Å². The van der Waals surface area contributed by atoms with Crippen molar-refractivity contribution in [1.29, 1.82) is 0 Å². The molecule has 1 aliphatic rings. The molecule has 0 atom stereocenters. The number of hydrogen-bond acceptors (Lipinski definition) is 2. The third kappa shape index (κ3) is 2.15. The van der Waals surface area contributed by atoms with Gasteiger partial charge >= 0.3 is 5.97 Å². The first-order valence-corrected chi connectivity index (χ1v) is 5.27. The van der Waals surface area contributed by atoms with Crippen LogP contribution in [0.5, 0.6) is 0 Å². The first-order chi connectivity index (χ1) is 7.52. The van der Waals surface area contributed by atoms with Gasteiger partial charge in [0.1, 0.15) is 11.4 Å². The Hall–Kier alpha value is -1.58. The van der Waals surface area contributed by atoms with Crippen LogP contribution < -0.4 is 5.32 Å². The Bertz CT molecular complexity index is 427. The molecule has 1 aliphatic carbocycles. The first kappa shape index (κ1) is 10.9. The van der Waals surface area contributed by atoms with Crippen LogP contribution in [0.1, 0.15) is 30.1 Å². The van der Waals surface area contributed by atoms with E-state index < -0.39 is 11.8 Å². The van der Waals surface area contributed by atoms with Crippen molar-refractivity contribution in [3.05, 3.63) is 29.6 Å². The topological polar surface area (TPSA) is 49.3 Å². The maximum Gasteiger partial charge on any atom is 0.340 e. The standard InChI is InChI=1S/C12H14FNO2/c1-12(5-6-12)7-14-9-4-2-3-8(13)10(9)11(15)16/h2-4,14H,5-7H2,1H3,(H,15,16). The number of benzene rings is 1. The SMILES string of the molecule is CC1(CNc2cccc(F)c2C(=O)O)CC1. The van der Waals surface area contributed by atoms with E-state index in [0.717, 1.165) is 18.9 Å². The number of halogens is 1. The summed E-state index contributed by atoms with van der Waals surface area (Å²) in [5.41, 5.74) is 0.342. The molecule has 0 amide bonds. The van der Waals surface area contributed by atoms with Gasteiger partial charge in [0.15, 0.2) is 0 Å². The summed E-state index contributed by atoms with van der Waals surface area (Å²) in [5, 5.41) is 11.9. The van der Waals surface area contributed by atoms with Crippen LogP contribution in [0.15, 0.2) is 18.2 Å². The lowest BCUT2D eigenvalue weighted by atomic mass is 10.1. The van der Waals surface area contributed by atoms with Crippen molar-refractivity contribution in [2.45, 2.75) is 19.8 Å². The van der Waals surface area contributed by atoms with Crippen LogP contribution in [-0.2, 0) is 0 Å². The molecule has 16 heavy (non-hydrogen) atoms. The molecule has 1 aromatic rings. The van der Waals surface area contributed by atoms with Crippen LogP contribution >= 0.6 is 0 Å². The molecule has 86 valence electrons. The van der Waals surface area contributed by atoms with Gasteiger partial charge < -0.3 is 10.4 Å². The number of carboxylic acid groups (broad SMARTS) is 1. The molecular formula is C12H14FNO2. The van der Waals surface area contributed by atoms with Crippen LogP contribution in [0.3, 0.4) is 0 Å². The van der Waals surface area contributed by atoms with E-state index >= 15 is 0 Å². The highest BCUT2D eigenvalue weighted by Gasteiger charge is 2.37. The summed E-state index contributed by atoms with van der Waals surface area (Å²) in [7, 11) is 0. The smallest absolute Gasteiger partial charge is 0.340 e. The van der Waals surface area contributed by atoms with Crippen molar-refractivity contribution in [3.63, 3.8) is 0 Å². The molecule has 3 nitrogen and oxygen atoms in total. The Morgan fingerprint density at radius 3 is 2.81 bits per heavy atom. The Labute approximate surface area is 93.3 Å². The third-order valence-corrected chi connectivity index (χ3v) is 3.04. The molecule has 0 heterocycles. The molecule has 0 aromatic heterocycles. The zero-order chi connectivity index (χ0) is 11.8. The summed E-state index contributed by atoms with van der Waals surface area (Å²) in [6, 6.07) is 4.27. The van der Waals surface area contributed by atoms with E-state index in [2.05, 4.69) is 12.2 Å². The van der Waals surface area contributed by atoms with Crippen molar-refractivity contribution < 1.29 is 14.3 Å². The van der Waals surface area contributed by atoms with E-state index in [0.29, 0.717) is 12.2 Å². The van der Waals surface area contributed by atoms with Gasteiger partial charge in [-0.15, -0.1) is 0 Å². The summed E-state index contributed by atoms with van der Waals surface area (Å²) in [6.07, 6.45) is 2.27. The van der Waals surface area contributed by atoms with Crippen molar-refractivity contribution in [1.82, 2.24) is 0 Å². The van der Waals surface area contributed by atoms with Crippen molar-refractivity contribution in [2.75, 3.05) is 11.9 Å². The molecule has 0 saturated heterocycles. The Kier molecular flexibility index (Phi) is 2.58. The van der Waals surface area contributed by atoms with Gasteiger partial charge in [-0.25, -0.2) is 9.18 Å². The highest BCUT2D eigenvalue weighted by atomic mass is 19.1. The Morgan fingerprint density at radius 2 is 2.25 bits per heavy atom. The van der Waals surface area contributed by atoms with Gasteiger partial charge in [0, 0.05) is 6.54 Å². The second kappa shape index (κ2) is 3.77. The van der Waals surface area contributed by atoms with Gasteiger partial charge in [0.25, 0.3) is 0 Å². The predicted molar refractivity (Wildman–Crippen MR) is 59.2 cm³/mol. The van der Waals surface area contributed by atoms with Crippen molar-refractivity contribution in [3.8, 4) is 0 Å². The predicted octanol–water partition coefficient (Wildman–Crippen LogP) is 2.74. The van der Waals surface area contributed by atoms with Gasteiger partial charge in [-0.3, -0.25) is 0 Å². The normalized spacial score (nSPS) is 16.9. The van der Waals surface area contributed by atoms with E-state index in [-0.39, 0.29) is 11.0 Å². The fourth-order valence-electron chi connectivity index (χ4n) is 1.59. The maximum absolute atomic E-state index is 13.3. The van der Waals surface area contributed by atoms with Gasteiger partial charge in [0.05, 0.1) is 5.69 Å². The zero-order valence-electron chi connectivity index (χ0n) is 9.09. The summed E-state index contributed by atoms with van der Waals surface area (Å²) in [4.78, 5) is 10.9. The molecule has 4 heteroatoms. The largest absolute Gasteiger partial charge is 0.478 e. The number of carboxylic acids is 1. The minimum Gasteiger partial charge on any atom is -0.478 e. The summed E-state index contributed by atoms with van der Waals surface area (Å²) < 4.78 is 13.3. The minimum absolute atomic E-state index is 0.252. The third-order valence-electron chi connectivity index (χ3n) is 3.04. The van der Waals surface area contributed by atoms with Gasteiger partial charge in [-0.1, -0.05) is 13.0 Å². The fourth-order valence-corrected chi connectivity index (χ4v) is 1.59. The average Bonchev–Trinajstić information content (AvgIpc) is 2.94. The van der Waals surface area contributed by atoms with E-state index in [4.69, 9.17) is 5.11 Å². The number of carbonyl (C=O) groups is 1. The van der Waals surface area contributed by atoms with Crippen molar-refractivity contribution >= 4 is 11.7 Å². The Morgan fingerprint density at radius 1 is 1.56 bits per heavy atom. The molecule has 0 aliphatic heterocycles. The molecular weight excluding hydrogens is 209 g/mol. The first-order valence-electron chi connectivity index (χ1n) is 5.27. The molecule has 0 spiro atoms. The Balaban J connectivity index is 2.19. The number of anilines is 1. The molecule has 0 unspecified atom stereocenters. The van der Waals surface area contributed by atoms with Crippen LogP contribution in [0.2, 0.25) is 0 Å². The second-order valence-electron chi connectivity index (χ2n) is 4.63. The molecule has 2 N–H and O–H groups in total. The van der Waals surface area contributed by atoms with Crippen LogP contribution in [-0.4, -0.2) is 17.6 Å².